The number of carboxylic acids is 1. The van der Waals surface area contributed by atoms with Crippen molar-refractivity contribution in [1.29, 1.82) is 0 Å². The van der Waals surface area contributed by atoms with Crippen LogP contribution in [0.4, 0.5) is 18.9 Å². The molecule has 0 radical (unpaired) electrons. The van der Waals surface area contributed by atoms with Crippen LogP contribution in [0.1, 0.15) is 74.2 Å². The first kappa shape index (κ1) is 23.9. The van der Waals surface area contributed by atoms with Crippen molar-refractivity contribution in [2.75, 3.05) is 5.32 Å². The molecule has 3 aliphatic rings. The predicted molar refractivity (Wildman–Crippen MR) is 127 cm³/mol. The highest BCUT2D eigenvalue weighted by molar-refractivity contribution is 6.01. The zero-order valence-electron chi connectivity index (χ0n) is 19.8. The summed E-state index contributed by atoms with van der Waals surface area (Å²) in [6, 6.07) is 7.33. The summed E-state index contributed by atoms with van der Waals surface area (Å²) in [7, 11) is 0. The zero-order chi connectivity index (χ0) is 24.9. The molecule has 2 atom stereocenters. The molecule has 2 bridgehead atoms. The number of rotatable bonds is 4. The molecule has 5 nitrogen and oxygen atoms in total. The van der Waals surface area contributed by atoms with E-state index in [0.717, 1.165) is 38.5 Å². The number of fused-ring (bicyclic) bond motifs is 3. The molecule has 1 saturated carbocycles. The fraction of sp³-hybridized carbons (Fsp3) is 0.556. The summed E-state index contributed by atoms with van der Waals surface area (Å²) in [5, 5.41) is 13.0. The molecule has 1 aliphatic carbocycles. The summed E-state index contributed by atoms with van der Waals surface area (Å²) in [6.45, 7) is 2.17. The number of nitrogens with zero attached hydrogens (tertiary/aromatic N) is 1. The number of anilines is 1. The number of benzene rings is 2. The van der Waals surface area contributed by atoms with Crippen molar-refractivity contribution in [2.24, 2.45) is 11.8 Å². The molecule has 8 heteroatoms. The number of hydrogen-bond donors (Lipinski definition) is 2. The summed E-state index contributed by atoms with van der Waals surface area (Å²) >= 11 is 0. The first-order valence-corrected chi connectivity index (χ1v) is 12.6. The van der Waals surface area contributed by atoms with Crippen molar-refractivity contribution in [2.45, 2.75) is 82.6 Å². The highest BCUT2D eigenvalue weighted by Gasteiger charge is 2.45. The fourth-order valence-corrected chi connectivity index (χ4v) is 6.37. The van der Waals surface area contributed by atoms with E-state index in [1.54, 1.807) is 17.0 Å². The molecule has 188 valence electrons. The molecule has 2 aromatic rings. The molecule has 2 saturated heterocycles. The van der Waals surface area contributed by atoms with Crippen LogP contribution in [-0.2, 0) is 11.0 Å². The molecule has 5 rings (SSSR count). The first-order valence-electron chi connectivity index (χ1n) is 12.6. The standard InChI is InChI=1S/C27H31F3N2O3/c1-15-2-6-19(7-3-15)31-23-11-5-16-12-17(4-10-22(16)24(23)27(28,29)30)25(33)32-20-8-9-21(32)14-18(13-20)26(34)35/h4-5,10-12,15,18-21,31H,2-3,6-9,13-14H2,1H3,(H,34,35). The number of amides is 1. The molecular weight excluding hydrogens is 457 g/mol. The largest absolute Gasteiger partial charge is 0.481 e. The topological polar surface area (TPSA) is 69.6 Å². The lowest BCUT2D eigenvalue weighted by Gasteiger charge is -2.37. The Hall–Kier alpha value is -2.77. The second-order valence-electron chi connectivity index (χ2n) is 10.6. The number of aliphatic carboxylic acids is 1. The van der Waals surface area contributed by atoms with Gasteiger partial charge in [-0.15, -0.1) is 0 Å². The SMILES string of the molecule is CC1CCC(Nc2ccc3cc(C(=O)N4C5CCC4CC(C(=O)O)C5)ccc3c2C(F)(F)F)CC1. The van der Waals surface area contributed by atoms with Gasteiger partial charge in [-0.2, -0.15) is 13.2 Å². The van der Waals surface area contributed by atoms with E-state index in [2.05, 4.69) is 12.2 Å². The van der Waals surface area contributed by atoms with Crippen molar-refractivity contribution >= 4 is 28.3 Å². The Morgan fingerprint density at radius 1 is 0.971 bits per heavy atom. The van der Waals surface area contributed by atoms with E-state index in [9.17, 15) is 27.9 Å². The quantitative estimate of drug-likeness (QED) is 0.529. The lowest BCUT2D eigenvalue weighted by atomic mass is 9.87. The van der Waals surface area contributed by atoms with E-state index < -0.39 is 23.6 Å². The molecule has 35 heavy (non-hydrogen) atoms. The van der Waals surface area contributed by atoms with E-state index in [-0.39, 0.29) is 35.1 Å². The van der Waals surface area contributed by atoms with Crippen LogP contribution in [0, 0.1) is 11.8 Å². The molecule has 2 unspecified atom stereocenters. The molecule has 2 aliphatic heterocycles. The predicted octanol–water partition coefficient (Wildman–Crippen LogP) is 6.32. The molecule has 1 amide bonds. The number of carbonyl (C=O) groups excluding carboxylic acids is 1. The average molecular weight is 489 g/mol. The molecule has 0 spiro atoms. The Kier molecular flexibility index (Phi) is 6.18. The van der Waals surface area contributed by atoms with Crippen LogP contribution in [0.2, 0.25) is 0 Å². The van der Waals surface area contributed by atoms with Crippen LogP contribution in [0.5, 0.6) is 0 Å². The number of piperidine rings is 1. The fourth-order valence-electron chi connectivity index (χ4n) is 6.37. The molecule has 2 aromatic carbocycles. The Bertz CT molecular complexity index is 1130. The van der Waals surface area contributed by atoms with Crippen molar-refractivity contribution in [3.05, 3.63) is 41.5 Å². The number of carbonyl (C=O) groups is 2. The third kappa shape index (κ3) is 4.59. The van der Waals surface area contributed by atoms with Gasteiger partial charge < -0.3 is 15.3 Å². The van der Waals surface area contributed by atoms with Gasteiger partial charge in [0.15, 0.2) is 0 Å². The van der Waals surface area contributed by atoms with Gasteiger partial charge in [-0.05, 0) is 86.3 Å². The minimum atomic E-state index is -4.53. The molecule has 2 N–H and O–H groups in total. The lowest BCUT2D eigenvalue weighted by molar-refractivity contribution is -0.144. The molecule has 0 aromatic heterocycles. The minimum absolute atomic E-state index is 0.0230. The van der Waals surface area contributed by atoms with Crippen molar-refractivity contribution in [3.8, 4) is 0 Å². The van der Waals surface area contributed by atoms with Gasteiger partial charge in [0, 0.05) is 29.4 Å². The van der Waals surface area contributed by atoms with E-state index in [4.69, 9.17) is 0 Å². The van der Waals surface area contributed by atoms with Crippen LogP contribution in [0.15, 0.2) is 30.3 Å². The molecule has 2 heterocycles. The lowest BCUT2D eigenvalue weighted by Crippen LogP contribution is -2.47. The van der Waals surface area contributed by atoms with Gasteiger partial charge in [-0.25, -0.2) is 0 Å². The molecular formula is C27H31F3N2O3. The van der Waals surface area contributed by atoms with Gasteiger partial charge in [-0.3, -0.25) is 9.59 Å². The highest BCUT2D eigenvalue weighted by atomic mass is 19.4. The Morgan fingerprint density at radius 3 is 2.23 bits per heavy atom. The van der Waals surface area contributed by atoms with Crippen LogP contribution in [-0.4, -0.2) is 40.0 Å². The average Bonchev–Trinajstić information content (AvgIpc) is 3.07. The van der Waals surface area contributed by atoms with E-state index in [0.29, 0.717) is 29.7 Å². The number of nitrogens with one attached hydrogen (secondary N) is 1. The van der Waals surface area contributed by atoms with Gasteiger partial charge in [-0.1, -0.05) is 19.1 Å². The third-order valence-corrected chi connectivity index (χ3v) is 8.24. The Labute approximate surface area is 202 Å². The Morgan fingerprint density at radius 2 is 1.63 bits per heavy atom. The minimum Gasteiger partial charge on any atom is -0.481 e. The second-order valence-corrected chi connectivity index (χ2v) is 10.6. The van der Waals surface area contributed by atoms with Gasteiger partial charge in [0.2, 0.25) is 0 Å². The Balaban J connectivity index is 1.43. The van der Waals surface area contributed by atoms with E-state index >= 15 is 0 Å². The zero-order valence-corrected chi connectivity index (χ0v) is 19.8. The maximum atomic E-state index is 14.2. The van der Waals surface area contributed by atoms with Gasteiger partial charge in [0.05, 0.1) is 11.5 Å². The maximum Gasteiger partial charge on any atom is 0.418 e. The van der Waals surface area contributed by atoms with E-state index in [1.165, 1.54) is 18.2 Å². The molecule has 3 fully saturated rings. The normalized spacial score (nSPS) is 28.8. The smallest absolute Gasteiger partial charge is 0.418 e. The van der Waals surface area contributed by atoms with Crippen molar-refractivity contribution in [1.82, 2.24) is 4.90 Å². The van der Waals surface area contributed by atoms with Crippen LogP contribution >= 0.6 is 0 Å². The summed E-state index contributed by atoms with van der Waals surface area (Å²) in [6.07, 6.45) is 1.56. The number of carboxylic acid groups (broad SMARTS) is 1. The summed E-state index contributed by atoms with van der Waals surface area (Å²) in [5.41, 5.74) is -0.245. The monoisotopic (exact) mass is 488 g/mol. The summed E-state index contributed by atoms with van der Waals surface area (Å²) in [4.78, 5) is 26.6. The van der Waals surface area contributed by atoms with Crippen molar-refractivity contribution < 1.29 is 27.9 Å². The number of halogens is 3. The number of alkyl halides is 3. The summed E-state index contributed by atoms with van der Waals surface area (Å²) in [5.74, 6) is -0.893. The van der Waals surface area contributed by atoms with Crippen LogP contribution in [0.25, 0.3) is 10.8 Å². The second kappa shape index (κ2) is 9.03. The van der Waals surface area contributed by atoms with Crippen molar-refractivity contribution in [3.63, 3.8) is 0 Å². The first-order chi connectivity index (χ1) is 16.6. The van der Waals surface area contributed by atoms with Gasteiger partial charge >= 0.3 is 12.1 Å². The number of hydrogen-bond acceptors (Lipinski definition) is 3. The van der Waals surface area contributed by atoms with Gasteiger partial charge in [0.25, 0.3) is 5.91 Å². The van der Waals surface area contributed by atoms with Crippen LogP contribution < -0.4 is 5.32 Å². The highest BCUT2D eigenvalue weighted by Crippen LogP contribution is 2.43. The third-order valence-electron chi connectivity index (χ3n) is 8.24. The summed E-state index contributed by atoms with van der Waals surface area (Å²) < 4.78 is 42.6. The van der Waals surface area contributed by atoms with E-state index in [1.807, 2.05) is 0 Å². The van der Waals surface area contributed by atoms with Gasteiger partial charge in [0.1, 0.15) is 0 Å². The van der Waals surface area contributed by atoms with Crippen LogP contribution in [0.3, 0.4) is 0 Å². The maximum absolute atomic E-state index is 14.2.